The van der Waals surface area contributed by atoms with Crippen molar-refractivity contribution in [2.24, 2.45) is 0 Å². The van der Waals surface area contributed by atoms with E-state index in [1.165, 1.54) is 18.6 Å². The van der Waals surface area contributed by atoms with Crippen LogP contribution in [0.2, 0.25) is 0 Å². The molecule has 1 aliphatic heterocycles. The number of halogens is 1. The van der Waals surface area contributed by atoms with E-state index in [1.807, 2.05) is 0 Å². The summed E-state index contributed by atoms with van der Waals surface area (Å²) in [5.74, 6) is -0.334. The van der Waals surface area contributed by atoms with Gasteiger partial charge in [-0.1, -0.05) is 6.42 Å². The third-order valence-corrected chi connectivity index (χ3v) is 6.21. The second-order valence-corrected chi connectivity index (χ2v) is 8.23. The Morgan fingerprint density at radius 1 is 1.17 bits per heavy atom. The number of aromatic nitrogens is 3. The molecule has 158 valence electrons. The Morgan fingerprint density at radius 2 is 2.10 bits per heavy atom. The van der Waals surface area contributed by atoms with Crippen molar-refractivity contribution >= 4 is 17.1 Å². The molecule has 0 amide bonds. The molecule has 1 saturated heterocycles. The van der Waals surface area contributed by atoms with Crippen LogP contribution >= 0.6 is 0 Å². The monoisotopic (exact) mass is 411 g/mol. The Kier molecular flexibility index (Phi) is 5.25. The highest BCUT2D eigenvalue weighted by Crippen LogP contribution is 2.22. The molecule has 3 aromatic rings. The average molecular weight is 411 g/mol. The van der Waals surface area contributed by atoms with E-state index in [-0.39, 0.29) is 11.4 Å². The van der Waals surface area contributed by atoms with Crippen molar-refractivity contribution in [1.29, 1.82) is 0 Å². The van der Waals surface area contributed by atoms with Crippen molar-refractivity contribution in [3.05, 3.63) is 51.7 Å². The number of nitrogens with one attached hydrogen (secondary N) is 1. The molecule has 3 heterocycles. The van der Waals surface area contributed by atoms with E-state index in [4.69, 9.17) is 4.42 Å². The number of fused-ring (bicyclic) bond motifs is 2. The number of aryl methyl sites for hydroxylation is 2. The van der Waals surface area contributed by atoms with Crippen molar-refractivity contribution in [2.45, 2.75) is 51.1 Å². The summed E-state index contributed by atoms with van der Waals surface area (Å²) in [5, 5.41) is 7.86. The molecule has 0 saturated carbocycles. The van der Waals surface area contributed by atoms with Gasteiger partial charge in [-0.3, -0.25) is 9.69 Å². The zero-order valence-electron chi connectivity index (χ0n) is 16.9. The Bertz CT molecular complexity index is 1110. The molecule has 8 heteroatoms. The van der Waals surface area contributed by atoms with Crippen LogP contribution in [-0.4, -0.2) is 45.3 Å². The topological polar surface area (TPSA) is 76.2 Å². The predicted molar refractivity (Wildman–Crippen MR) is 112 cm³/mol. The molecule has 30 heavy (non-hydrogen) atoms. The van der Waals surface area contributed by atoms with Gasteiger partial charge < -0.3 is 9.73 Å². The molecular weight excluding hydrogens is 385 g/mol. The highest BCUT2D eigenvalue weighted by Gasteiger charge is 2.23. The number of anilines is 1. The summed E-state index contributed by atoms with van der Waals surface area (Å²) in [6, 6.07) is 6.86. The number of hydrogen-bond acceptors (Lipinski definition) is 6. The van der Waals surface area contributed by atoms with Crippen LogP contribution in [0.25, 0.3) is 11.1 Å². The van der Waals surface area contributed by atoms with Crippen molar-refractivity contribution < 1.29 is 8.81 Å². The fourth-order valence-electron chi connectivity index (χ4n) is 4.59. The summed E-state index contributed by atoms with van der Waals surface area (Å²) in [7, 11) is 0. The summed E-state index contributed by atoms with van der Waals surface area (Å²) in [6.45, 7) is 3.09. The van der Waals surface area contributed by atoms with Crippen molar-refractivity contribution in [2.75, 3.05) is 25.0 Å². The Balaban J connectivity index is 1.23. The first-order valence-corrected chi connectivity index (χ1v) is 10.8. The fraction of sp³-hybridized carbons (Fsp3) is 0.500. The zero-order chi connectivity index (χ0) is 20.5. The van der Waals surface area contributed by atoms with Gasteiger partial charge in [0.25, 0.3) is 11.6 Å². The van der Waals surface area contributed by atoms with Crippen LogP contribution in [0.3, 0.4) is 0 Å². The SMILES string of the molecule is O=c1cc2c(nn1CCN1CCCCC1CNc1nc3ccc(F)cc3o1)CCC2. The van der Waals surface area contributed by atoms with Gasteiger partial charge in [0.1, 0.15) is 11.3 Å². The molecule has 1 aliphatic carbocycles. The van der Waals surface area contributed by atoms with Crippen LogP contribution < -0.4 is 10.9 Å². The lowest BCUT2D eigenvalue weighted by Gasteiger charge is -2.35. The lowest BCUT2D eigenvalue weighted by molar-refractivity contribution is 0.147. The molecule has 1 atom stereocenters. The largest absolute Gasteiger partial charge is 0.423 e. The lowest BCUT2D eigenvalue weighted by atomic mass is 10.0. The van der Waals surface area contributed by atoms with E-state index >= 15 is 0 Å². The highest BCUT2D eigenvalue weighted by molar-refractivity contribution is 5.74. The Hall–Kier alpha value is -2.74. The van der Waals surface area contributed by atoms with Gasteiger partial charge in [-0.2, -0.15) is 10.1 Å². The van der Waals surface area contributed by atoms with E-state index in [2.05, 4.69) is 20.3 Å². The average Bonchev–Trinajstić information content (AvgIpc) is 3.36. The number of piperidine rings is 1. The van der Waals surface area contributed by atoms with Crippen LogP contribution in [-0.2, 0) is 19.4 Å². The van der Waals surface area contributed by atoms with Gasteiger partial charge in [-0.25, -0.2) is 9.07 Å². The lowest BCUT2D eigenvalue weighted by Crippen LogP contribution is -2.45. The smallest absolute Gasteiger partial charge is 0.295 e. The van der Waals surface area contributed by atoms with Gasteiger partial charge in [0.15, 0.2) is 5.58 Å². The number of nitrogens with zero attached hydrogens (tertiary/aromatic N) is 4. The number of oxazole rings is 1. The Morgan fingerprint density at radius 3 is 3.03 bits per heavy atom. The van der Waals surface area contributed by atoms with E-state index in [1.54, 1.807) is 16.8 Å². The predicted octanol–water partition coefficient (Wildman–Crippen LogP) is 2.98. The minimum absolute atomic E-state index is 0.000965. The molecule has 2 aliphatic rings. The minimum Gasteiger partial charge on any atom is -0.423 e. The van der Waals surface area contributed by atoms with Crippen LogP contribution in [0.5, 0.6) is 0 Å². The summed E-state index contributed by atoms with van der Waals surface area (Å²) in [6.07, 6.45) is 6.45. The standard InChI is InChI=1S/C22H26FN5O2/c23-16-7-8-19-20(13-16)30-22(25-19)24-14-17-5-1-2-9-27(17)10-11-28-21(29)12-15-4-3-6-18(15)26-28/h7-8,12-13,17H,1-6,9-11,14H2,(H,24,25). The van der Waals surface area contributed by atoms with Crippen molar-refractivity contribution in [1.82, 2.24) is 19.7 Å². The molecule has 1 N–H and O–H groups in total. The molecule has 0 spiro atoms. The van der Waals surface area contributed by atoms with E-state index in [9.17, 15) is 9.18 Å². The first-order valence-electron chi connectivity index (χ1n) is 10.8. The van der Waals surface area contributed by atoms with E-state index in [0.717, 1.165) is 56.5 Å². The van der Waals surface area contributed by atoms with Gasteiger partial charge in [0.2, 0.25) is 0 Å². The zero-order valence-corrected chi connectivity index (χ0v) is 16.9. The van der Waals surface area contributed by atoms with Crippen LogP contribution in [0.4, 0.5) is 10.4 Å². The van der Waals surface area contributed by atoms with Gasteiger partial charge in [-0.05, 0) is 56.3 Å². The van der Waals surface area contributed by atoms with Crippen LogP contribution in [0.1, 0.15) is 36.9 Å². The van der Waals surface area contributed by atoms with Crippen molar-refractivity contribution in [3.8, 4) is 0 Å². The molecule has 1 unspecified atom stereocenters. The first kappa shape index (κ1) is 19.2. The van der Waals surface area contributed by atoms with E-state index in [0.29, 0.717) is 36.2 Å². The maximum Gasteiger partial charge on any atom is 0.295 e. The summed E-state index contributed by atoms with van der Waals surface area (Å²) < 4.78 is 20.6. The molecule has 1 fully saturated rings. The number of likely N-dealkylation sites (tertiary alicyclic amines) is 1. The van der Waals surface area contributed by atoms with Gasteiger partial charge in [0.05, 0.1) is 12.2 Å². The summed E-state index contributed by atoms with van der Waals surface area (Å²) in [4.78, 5) is 19.2. The van der Waals surface area contributed by atoms with Crippen LogP contribution in [0.15, 0.2) is 33.5 Å². The highest BCUT2D eigenvalue weighted by atomic mass is 19.1. The quantitative estimate of drug-likeness (QED) is 0.672. The minimum atomic E-state index is -0.334. The van der Waals surface area contributed by atoms with Gasteiger partial charge >= 0.3 is 0 Å². The molecule has 1 aromatic carbocycles. The van der Waals surface area contributed by atoms with Gasteiger partial charge in [-0.15, -0.1) is 0 Å². The number of benzene rings is 1. The summed E-state index contributed by atoms with van der Waals surface area (Å²) in [5.41, 5.74) is 3.29. The molecule has 0 radical (unpaired) electrons. The van der Waals surface area contributed by atoms with Crippen LogP contribution in [0, 0.1) is 5.82 Å². The fourth-order valence-corrected chi connectivity index (χ4v) is 4.59. The second kappa shape index (κ2) is 8.18. The third-order valence-electron chi connectivity index (χ3n) is 6.21. The molecule has 0 bridgehead atoms. The molecule has 7 nitrogen and oxygen atoms in total. The molecular formula is C22H26FN5O2. The maximum atomic E-state index is 13.4. The number of rotatable bonds is 6. The normalized spacial score (nSPS) is 19.3. The molecule has 5 rings (SSSR count). The first-order chi connectivity index (χ1) is 14.7. The van der Waals surface area contributed by atoms with Gasteiger partial charge in [0, 0.05) is 31.3 Å². The number of hydrogen-bond donors (Lipinski definition) is 1. The second-order valence-electron chi connectivity index (χ2n) is 8.23. The maximum absolute atomic E-state index is 13.4. The summed E-state index contributed by atoms with van der Waals surface area (Å²) >= 11 is 0. The third kappa shape index (κ3) is 3.96. The van der Waals surface area contributed by atoms with Crippen molar-refractivity contribution in [3.63, 3.8) is 0 Å². The van der Waals surface area contributed by atoms with E-state index < -0.39 is 0 Å². The molecule has 2 aromatic heterocycles. The Labute approximate surface area is 173 Å².